The van der Waals surface area contributed by atoms with E-state index in [0.717, 1.165) is 5.69 Å². The molecule has 24 heavy (non-hydrogen) atoms. The highest BCUT2D eigenvalue weighted by molar-refractivity contribution is 5.84. The molecule has 3 rings (SSSR count). The van der Waals surface area contributed by atoms with E-state index < -0.39 is 17.3 Å². The first-order chi connectivity index (χ1) is 11.3. The van der Waals surface area contributed by atoms with Crippen LogP contribution in [0.5, 0.6) is 5.75 Å². The summed E-state index contributed by atoms with van der Waals surface area (Å²) in [6.45, 7) is 4.39. The number of aromatic nitrogens is 2. The molecule has 1 aromatic heterocycles. The fourth-order valence-corrected chi connectivity index (χ4v) is 2.71. The van der Waals surface area contributed by atoms with E-state index in [2.05, 4.69) is 20.8 Å². The molecule has 128 valence electrons. The van der Waals surface area contributed by atoms with E-state index in [1.54, 1.807) is 18.2 Å². The van der Waals surface area contributed by atoms with Gasteiger partial charge in [0.25, 0.3) is 0 Å². The molecular weight excluding hydrogens is 316 g/mol. The van der Waals surface area contributed by atoms with Gasteiger partial charge in [0.1, 0.15) is 11.9 Å². The highest BCUT2D eigenvalue weighted by Crippen LogP contribution is 2.35. The number of fused-ring (bicyclic) bond motifs is 1. The minimum Gasteiger partial charge on any atom is -0.486 e. The van der Waals surface area contributed by atoms with Crippen LogP contribution in [0.2, 0.25) is 0 Å². The molecule has 0 radical (unpaired) electrons. The molecule has 2 aromatic rings. The van der Waals surface area contributed by atoms with Gasteiger partial charge in [0.05, 0.1) is 12.2 Å². The number of anilines is 2. The van der Waals surface area contributed by atoms with Crippen molar-refractivity contribution in [1.29, 1.82) is 0 Å². The second-order valence-electron chi connectivity index (χ2n) is 6.27. The number of H-pyrrole nitrogens is 1. The van der Waals surface area contributed by atoms with Gasteiger partial charge >= 0.3 is 11.8 Å². The Hall–Kier alpha value is -2.97. The van der Waals surface area contributed by atoms with Gasteiger partial charge in [-0.1, -0.05) is 13.8 Å². The van der Waals surface area contributed by atoms with Gasteiger partial charge in [-0.15, -0.1) is 5.10 Å². The van der Waals surface area contributed by atoms with Crippen LogP contribution in [-0.2, 0) is 5.41 Å². The van der Waals surface area contributed by atoms with E-state index in [-0.39, 0.29) is 6.10 Å². The van der Waals surface area contributed by atoms with Crippen LogP contribution in [0.3, 0.4) is 0 Å². The number of amides is 1. The molecular formula is C15H18N4O5. The number of rotatable bonds is 4. The van der Waals surface area contributed by atoms with Gasteiger partial charge in [-0.2, -0.15) is 0 Å². The number of benzene rings is 1. The molecule has 0 fully saturated rings. The molecule has 9 nitrogen and oxygen atoms in total. The lowest BCUT2D eigenvalue weighted by Gasteiger charge is -2.32. The quantitative estimate of drug-likeness (QED) is 0.673. The van der Waals surface area contributed by atoms with Crippen molar-refractivity contribution in [3.63, 3.8) is 0 Å². The Kier molecular flexibility index (Phi) is 3.92. The molecule has 1 amide bonds. The largest absolute Gasteiger partial charge is 0.486 e. The predicted molar refractivity (Wildman–Crippen MR) is 85.8 cm³/mol. The summed E-state index contributed by atoms with van der Waals surface area (Å²) in [5.74, 6) is 0.397. The van der Waals surface area contributed by atoms with Crippen molar-refractivity contribution in [3.05, 3.63) is 34.6 Å². The van der Waals surface area contributed by atoms with E-state index in [9.17, 15) is 9.59 Å². The summed E-state index contributed by atoms with van der Waals surface area (Å²) in [6.07, 6.45) is -0.679. The molecule has 0 spiro atoms. The molecule has 1 aromatic carbocycles. The van der Waals surface area contributed by atoms with E-state index in [1.807, 2.05) is 13.8 Å². The predicted octanol–water partition coefficient (Wildman–Crippen LogP) is 1.99. The highest BCUT2D eigenvalue weighted by atomic mass is 16.5. The first-order valence-electron chi connectivity index (χ1n) is 7.44. The van der Waals surface area contributed by atoms with E-state index in [4.69, 9.17) is 14.3 Å². The molecule has 0 bridgehead atoms. The summed E-state index contributed by atoms with van der Waals surface area (Å²) in [5.41, 5.74) is 0.712. The Morgan fingerprint density at radius 1 is 1.50 bits per heavy atom. The van der Waals surface area contributed by atoms with E-state index in [1.165, 1.54) is 0 Å². The molecule has 0 saturated heterocycles. The zero-order valence-electron chi connectivity index (χ0n) is 13.3. The Labute approximate surface area is 137 Å². The first kappa shape index (κ1) is 15.9. The molecule has 4 N–H and O–H groups in total. The second-order valence-corrected chi connectivity index (χ2v) is 6.27. The maximum absolute atomic E-state index is 11.1. The Bertz CT molecular complexity index is 810. The normalized spacial score (nSPS) is 16.7. The van der Waals surface area contributed by atoms with Crippen LogP contribution >= 0.6 is 0 Å². The summed E-state index contributed by atoms with van der Waals surface area (Å²) in [7, 11) is 0. The van der Waals surface area contributed by atoms with Crippen molar-refractivity contribution in [2.75, 3.05) is 17.2 Å². The van der Waals surface area contributed by atoms with Crippen molar-refractivity contribution < 1.29 is 19.1 Å². The number of hydrogen-bond acceptors (Lipinski definition) is 6. The average Bonchev–Trinajstić information content (AvgIpc) is 2.94. The maximum atomic E-state index is 11.1. The number of ether oxygens (including phenoxy) is 1. The lowest BCUT2D eigenvalue weighted by Crippen LogP contribution is -2.36. The van der Waals surface area contributed by atoms with Crippen molar-refractivity contribution in [3.8, 4) is 5.75 Å². The van der Waals surface area contributed by atoms with Crippen LogP contribution in [0, 0.1) is 0 Å². The van der Waals surface area contributed by atoms with Gasteiger partial charge in [-0.3, -0.25) is 5.32 Å². The summed E-state index contributed by atoms with van der Waals surface area (Å²) < 4.78 is 11.0. The summed E-state index contributed by atoms with van der Waals surface area (Å²) in [5, 5.41) is 20.4. The lowest BCUT2D eigenvalue weighted by atomic mass is 9.86. The van der Waals surface area contributed by atoms with Crippen LogP contribution in [0.15, 0.2) is 27.4 Å². The van der Waals surface area contributed by atoms with Gasteiger partial charge in [0, 0.05) is 11.1 Å². The molecule has 1 aliphatic rings. The molecule has 0 saturated carbocycles. The third kappa shape index (κ3) is 3.34. The SMILES string of the molecule is CC(C)(CC1CNc2cc(NC(=O)O)ccc2O1)c1n[nH]c(=O)o1. The fraction of sp³-hybridized carbons (Fsp3) is 0.400. The Morgan fingerprint density at radius 3 is 2.96 bits per heavy atom. The minimum absolute atomic E-state index is 0.146. The molecule has 1 atom stereocenters. The van der Waals surface area contributed by atoms with Crippen molar-refractivity contribution >= 4 is 17.5 Å². The van der Waals surface area contributed by atoms with Crippen molar-refractivity contribution in [1.82, 2.24) is 10.2 Å². The molecule has 1 aliphatic heterocycles. The minimum atomic E-state index is -1.12. The van der Waals surface area contributed by atoms with Gasteiger partial charge in [-0.05, 0) is 24.6 Å². The maximum Gasteiger partial charge on any atom is 0.434 e. The molecule has 1 unspecified atom stereocenters. The molecule has 9 heteroatoms. The number of hydrogen-bond donors (Lipinski definition) is 4. The monoisotopic (exact) mass is 334 g/mol. The van der Waals surface area contributed by atoms with Crippen LogP contribution < -0.4 is 21.1 Å². The van der Waals surface area contributed by atoms with E-state index in [0.29, 0.717) is 30.3 Å². The smallest absolute Gasteiger partial charge is 0.434 e. The number of nitrogens with one attached hydrogen (secondary N) is 3. The first-order valence-corrected chi connectivity index (χ1v) is 7.44. The standard InChI is InChI=1S/C15H18N4O5/c1-15(2,12-18-19-14(22)24-12)6-9-7-16-10-5-8(17-13(20)21)3-4-11(10)23-9/h3-5,9,16-17H,6-7H2,1-2H3,(H,19,22)(H,20,21). The average molecular weight is 334 g/mol. The number of carboxylic acid groups (broad SMARTS) is 1. The Balaban J connectivity index is 1.71. The van der Waals surface area contributed by atoms with Gasteiger partial charge in [-0.25, -0.2) is 14.7 Å². The molecule has 2 heterocycles. The summed E-state index contributed by atoms with van der Waals surface area (Å²) in [4.78, 5) is 21.8. The zero-order chi connectivity index (χ0) is 17.3. The topological polar surface area (TPSA) is 129 Å². The van der Waals surface area contributed by atoms with Gasteiger partial charge in [0.15, 0.2) is 0 Å². The van der Waals surface area contributed by atoms with Crippen LogP contribution in [0.1, 0.15) is 26.2 Å². The highest BCUT2D eigenvalue weighted by Gasteiger charge is 2.33. The second kappa shape index (κ2) is 5.91. The number of aromatic amines is 1. The summed E-state index contributed by atoms with van der Waals surface area (Å²) in [6, 6.07) is 5.02. The number of carbonyl (C=O) groups is 1. The van der Waals surface area contributed by atoms with Crippen LogP contribution in [-0.4, -0.2) is 34.0 Å². The van der Waals surface area contributed by atoms with E-state index >= 15 is 0 Å². The van der Waals surface area contributed by atoms with Gasteiger partial charge in [0.2, 0.25) is 5.89 Å². The number of nitrogens with zero attached hydrogens (tertiary/aromatic N) is 1. The fourth-order valence-electron chi connectivity index (χ4n) is 2.71. The van der Waals surface area contributed by atoms with Crippen LogP contribution in [0.4, 0.5) is 16.2 Å². The van der Waals surface area contributed by atoms with Crippen molar-refractivity contribution in [2.24, 2.45) is 0 Å². The Morgan fingerprint density at radius 2 is 2.29 bits per heavy atom. The lowest BCUT2D eigenvalue weighted by molar-refractivity contribution is 0.156. The summed E-state index contributed by atoms with van der Waals surface area (Å²) >= 11 is 0. The third-order valence-corrected chi connectivity index (χ3v) is 3.80. The zero-order valence-corrected chi connectivity index (χ0v) is 13.3. The molecule has 0 aliphatic carbocycles. The van der Waals surface area contributed by atoms with Crippen molar-refractivity contribution in [2.45, 2.75) is 31.8 Å². The van der Waals surface area contributed by atoms with Crippen LogP contribution in [0.25, 0.3) is 0 Å². The third-order valence-electron chi connectivity index (χ3n) is 3.80. The van der Waals surface area contributed by atoms with Gasteiger partial charge < -0.3 is 19.6 Å².